The average Bonchev–Trinajstić information content (AvgIpc) is 3.14. The summed E-state index contributed by atoms with van der Waals surface area (Å²) in [4.78, 5) is 24.9. The summed E-state index contributed by atoms with van der Waals surface area (Å²) in [6.07, 6.45) is 6.74. The van der Waals surface area contributed by atoms with E-state index < -0.39 is 0 Å². The Hall–Kier alpha value is -2.23. The van der Waals surface area contributed by atoms with Gasteiger partial charge in [0.2, 0.25) is 0 Å². The van der Waals surface area contributed by atoms with E-state index in [4.69, 9.17) is 0 Å². The van der Waals surface area contributed by atoms with Crippen molar-refractivity contribution in [3.8, 4) is 0 Å². The van der Waals surface area contributed by atoms with Crippen molar-refractivity contribution in [3.63, 3.8) is 0 Å². The Kier molecular flexibility index (Phi) is 2.61. The monoisotopic (exact) mass is 280 g/mol. The molecule has 2 aliphatic carbocycles. The van der Waals surface area contributed by atoms with Crippen LogP contribution in [-0.2, 0) is 9.59 Å². The number of aryl methyl sites for hydroxylation is 1. The van der Waals surface area contributed by atoms with E-state index in [9.17, 15) is 9.59 Å². The Morgan fingerprint density at radius 2 is 1.71 bits per heavy atom. The molecule has 1 aromatic rings. The first-order valence-corrected chi connectivity index (χ1v) is 7.32. The lowest BCUT2D eigenvalue weighted by Gasteiger charge is -2.13. The Balaban J connectivity index is 1.62. The second-order valence-electron chi connectivity index (χ2n) is 6.09. The minimum Gasteiger partial charge on any atom is -0.272 e. The number of amides is 2. The normalized spacial score (nSPS) is 33.5. The van der Waals surface area contributed by atoms with Crippen LogP contribution < -0.4 is 0 Å². The number of rotatable bonds is 2. The molecule has 1 aromatic carbocycles. The predicted octanol–water partition coefficient (Wildman–Crippen LogP) is 2.14. The van der Waals surface area contributed by atoms with Crippen LogP contribution in [0.5, 0.6) is 0 Å². The largest absolute Gasteiger partial charge is 0.272 e. The van der Waals surface area contributed by atoms with E-state index in [0.717, 1.165) is 22.6 Å². The van der Waals surface area contributed by atoms with Gasteiger partial charge in [-0.3, -0.25) is 9.59 Å². The zero-order valence-electron chi connectivity index (χ0n) is 11.8. The third-order valence-corrected chi connectivity index (χ3v) is 4.95. The van der Waals surface area contributed by atoms with Gasteiger partial charge in [0.25, 0.3) is 11.8 Å². The molecule has 0 aromatic heterocycles. The molecule has 0 N–H and O–H groups in total. The van der Waals surface area contributed by atoms with Gasteiger partial charge in [-0.1, -0.05) is 36.4 Å². The number of benzene rings is 1. The Morgan fingerprint density at radius 3 is 2.33 bits per heavy atom. The van der Waals surface area contributed by atoms with Crippen molar-refractivity contribution < 1.29 is 9.59 Å². The van der Waals surface area contributed by atoms with Crippen LogP contribution in [0.2, 0.25) is 0 Å². The molecule has 1 saturated heterocycles. The van der Waals surface area contributed by atoms with E-state index in [1.165, 1.54) is 0 Å². The fourth-order valence-electron chi connectivity index (χ4n) is 3.85. The van der Waals surface area contributed by atoms with E-state index >= 15 is 0 Å². The summed E-state index contributed by atoms with van der Waals surface area (Å²) in [6.45, 7) is 1.98. The lowest BCUT2D eigenvalue weighted by atomic mass is 9.85. The Bertz CT molecular complexity index is 662. The van der Waals surface area contributed by atoms with Crippen LogP contribution in [0.3, 0.4) is 0 Å². The molecule has 1 saturated carbocycles. The van der Waals surface area contributed by atoms with Crippen LogP contribution >= 0.6 is 0 Å². The molecule has 106 valence electrons. The lowest BCUT2D eigenvalue weighted by Crippen LogP contribution is -2.28. The van der Waals surface area contributed by atoms with Crippen molar-refractivity contribution in [1.82, 2.24) is 5.01 Å². The fourth-order valence-corrected chi connectivity index (χ4v) is 3.85. The number of hydrazone groups is 1. The maximum atomic E-state index is 12.5. The number of carbonyl (C=O) groups excluding carboxylic acids is 2. The number of allylic oxidation sites excluding steroid dienone is 2. The van der Waals surface area contributed by atoms with Crippen molar-refractivity contribution in [3.05, 3.63) is 47.5 Å². The minimum absolute atomic E-state index is 0.133. The summed E-state index contributed by atoms with van der Waals surface area (Å²) in [7, 11) is 0. The van der Waals surface area contributed by atoms with Crippen molar-refractivity contribution in [2.24, 2.45) is 28.8 Å². The third-order valence-electron chi connectivity index (χ3n) is 4.95. The second kappa shape index (κ2) is 4.38. The molecule has 3 aliphatic rings. The fraction of sp³-hybridized carbons (Fsp3) is 0.353. The van der Waals surface area contributed by atoms with Gasteiger partial charge in [-0.15, -0.1) is 0 Å². The number of hydrogen-bond donors (Lipinski definition) is 0. The van der Waals surface area contributed by atoms with Crippen molar-refractivity contribution in [1.29, 1.82) is 0 Å². The van der Waals surface area contributed by atoms with Crippen LogP contribution in [0, 0.1) is 30.6 Å². The number of imide groups is 1. The standard InChI is InChI=1S/C17H16N2O2/c1-10-4-2-3-5-13(10)9-18-19-16(20)14-11-6-7-12(8-11)15(14)17(19)21/h2-7,9,11-12,14-15H,8H2,1H3/t11-,12-,14-,15+/m0/s1. The van der Waals surface area contributed by atoms with Crippen LogP contribution in [-0.4, -0.2) is 23.0 Å². The van der Waals surface area contributed by atoms with E-state index in [1.807, 2.05) is 31.2 Å². The van der Waals surface area contributed by atoms with Crippen molar-refractivity contribution in [2.75, 3.05) is 0 Å². The molecule has 1 heterocycles. The first kappa shape index (κ1) is 12.5. The second-order valence-corrected chi connectivity index (χ2v) is 6.09. The third kappa shape index (κ3) is 1.71. The van der Waals surface area contributed by atoms with Gasteiger partial charge in [-0.05, 0) is 36.3 Å². The Morgan fingerprint density at radius 1 is 1.10 bits per heavy atom. The summed E-state index contributed by atoms with van der Waals surface area (Å²) in [6, 6.07) is 7.78. The van der Waals surface area contributed by atoms with Crippen molar-refractivity contribution in [2.45, 2.75) is 13.3 Å². The first-order chi connectivity index (χ1) is 10.2. The molecule has 2 bridgehead atoms. The average molecular weight is 280 g/mol. The molecule has 21 heavy (non-hydrogen) atoms. The van der Waals surface area contributed by atoms with Gasteiger partial charge in [0.1, 0.15) is 0 Å². The molecule has 4 heteroatoms. The minimum atomic E-state index is -0.179. The Labute approximate surface area is 123 Å². The van der Waals surface area contributed by atoms with Gasteiger partial charge >= 0.3 is 0 Å². The van der Waals surface area contributed by atoms with E-state index in [0.29, 0.717) is 0 Å². The zero-order chi connectivity index (χ0) is 14.6. The molecular formula is C17H16N2O2. The highest BCUT2D eigenvalue weighted by atomic mass is 16.2. The molecule has 4 nitrogen and oxygen atoms in total. The van der Waals surface area contributed by atoms with Gasteiger partial charge < -0.3 is 0 Å². The summed E-state index contributed by atoms with van der Waals surface area (Å²) in [5.74, 6) is -0.161. The summed E-state index contributed by atoms with van der Waals surface area (Å²) < 4.78 is 0. The molecule has 0 spiro atoms. The summed E-state index contributed by atoms with van der Waals surface area (Å²) in [5, 5.41) is 5.27. The topological polar surface area (TPSA) is 49.7 Å². The van der Waals surface area contributed by atoms with E-state index in [2.05, 4.69) is 17.3 Å². The summed E-state index contributed by atoms with van der Waals surface area (Å²) in [5.41, 5.74) is 2.00. The van der Waals surface area contributed by atoms with Crippen molar-refractivity contribution >= 4 is 18.0 Å². The highest BCUT2D eigenvalue weighted by Gasteiger charge is 2.59. The highest BCUT2D eigenvalue weighted by Crippen LogP contribution is 2.52. The molecule has 2 fully saturated rings. The number of nitrogens with zero attached hydrogens (tertiary/aromatic N) is 2. The lowest BCUT2D eigenvalue weighted by molar-refractivity contribution is -0.140. The van der Waals surface area contributed by atoms with E-state index in [1.54, 1.807) is 6.21 Å². The van der Waals surface area contributed by atoms with Gasteiger partial charge in [0.15, 0.2) is 0 Å². The number of hydrogen-bond acceptors (Lipinski definition) is 3. The van der Waals surface area contributed by atoms with Gasteiger partial charge in [0, 0.05) is 0 Å². The smallest absolute Gasteiger partial charge is 0.254 e. The molecular weight excluding hydrogens is 264 g/mol. The van der Waals surface area contributed by atoms with E-state index in [-0.39, 0.29) is 35.5 Å². The number of fused-ring (bicyclic) bond motifs is 5. The molecule has 1 aliphatic heterocycles. The molecule has 2 amide bonds. The first-order valence-electron chi connectivity index (χ1n) is 7.32. The molecule has 0 unspecified atom stereocenters. The zero-order valence-corrected chi connectivity index (χ0v) is 11.8. The maximum absolute atomic E-state index is 12.5. The van der Waals surface area contributed by atoms with Crippen LogP contribution in [0.4, 0.5) is 0 Å². The van der Waals surface area contributed by atoms with Crippen LogP contribution in [0.25, 0.3) is 0 Å². The highest BCUT2D eigenvalue weighted by molar-refractivity contribution is 6.06. The SMILES string of the molecule is Cc1ccccc1C=NN1C(=O)[C@@H]2[C@H](C1=O)[C@H]1C=C[C@H]2C1. The molecule has 4 atom stereocenters. The molecule has 4 rings (SSSR count). The van der Waals surface area contributed by atoms with Gasteiger partial charge in [-0.2, -0.15) is 10.1 Å². The molecule has 0 radical (unpaired) electrons. The number of carbonyl (C=O) groups is 2. The van der Waals surface area contributed by atoms with Gasteiger partial charge in [-0.25, -0.2) is 0 Å². The van der Waals surface area contributed by atoms with Crippen LogP contribution in [0.1, 0.15) is 17.5 Å². The maximum Gasteiger partial charge on any atom is 0.254 e. The quantitative estimate of drug-likeness (QED) is 0.473. The van der Waals surface area contributed by atoms with Gasteiger partial charge in [0.05, 0.1) is 18.1 Å². The predicted molar refractivity (Wildman–Crippen MR) is 78.3 cm³/mol. The van der Waals surface area contributed by atoms with Crippen LogP contribution in [0.15, 0.2) is 41.5 Å². The summed E-state index contributed by atoms with van der Waals surface area (Å²) >= 11 is 0.